The van der Waals surface area contributed by atoms with Crippen LogP contribution in [0.5, 0.6) is 0 Å². The molecule has 0 spiro atoms. The molecule has 1 amide bonds. The second-order valence-electron chi connectivity index (χ2n) is 5.70. The number of ether oxygens (including phenoxy) is 1. The van der Waals surface area contributed by atoms with E-state index in [1.165, 1.54) is 0 Å². The zero-order chi connectivity index (χ0) is 18.5. The molecular formula is C19H17BrN2O3S. The number of hydrogen-bond donors (Lipinski definition) is 1. The van der Waals surface area contributed by atoms with E-state index in [4.69, 9.17) is 4.74 Å². The molecule has 0 saturated carbocycles. The van der Waals surface area contributed by atoms with Crippen LogP contribution < -0.4 is 5.32 Å². The number of benzene rings is 2. The van der Waals surface area contributed by atoms with E-state index in [-0.39, 0.29) is 12.3 Å². The van der Waals surface area contributed by atoms with Crippen molar-refractivity contribution in [1.29, 1.82) is 0 Å². The number of amides is 1. The molecule has 0 aliphatic heterocycles. The lowest BCUT2D eigenvalue weighted by Gasteiger charge is -2.13. The van der Waals surface area contributed by atoms with Gasteiger partial charge in [-0.3, -0.25) is 9.59 Å². The lowest BCUT2D eigenvalue weighted by Crippen LogP contribution is -2.30. The number of aromatic nitrogens is 1. The average molecular weight is 433 g/mol. The van der Waals surface area contributed by atoms with Crippen molar-refractivity contribution in [3.05, 3.63) is 58.0 Å². The first kappa shape index (κ1) is 18.5. The van der Waals surface area contributed by atoms with Gasteiger partial charge in [-0.15, -0.1) is 11.3 Å². The number of halogens is 1. The van der Waals surface area contributed by atoms with Crippen LogP contribution in [-0.2, 0) is 20.7 Å². The number of esters is 1. The SMILES string of the molecule is CC(OC(=O)CCc1nc2ccccc2s1)C(=O)Nc1ccc(Br)cc1. The Kier molecular flexibility index (Phi) is 6.00. The van der Waals surface area contributed by atoms with Gasteiger partial charge in [-0.05, 0) is 43.3 Å². The molecule has 0 fully saturated rings. The quantitative estimate of drug-likeness (QED) is 0.579. The van der Waals surface area contributed by atoms with Gasteiger partial charge in [-0.2, -0.15) is 0 Å². The number of carbonyl (C=O) groups is 2. The van der Waals surface area contributed by atoms with E-state index < -0.39 is 12.1 Å². The summed E-state index contributed by atoms with van der Waals surface area (Å²) < 4.78 is 7.24. The van der Waals surface area contributed by atoms with E-state index in [1.54, 1.807) is 30.4 Å². The minimum atomic E-state index is -0.860. The monoisotopic (exact) mass is 432 g/mol. The smallest absolute Gasteiger partial charge is 0.306 e. The van der Waals surface area contributed by atoms with Crippen molar-refractivity contribution in [1.82, 2.24) is 4.98 Å². The Bertz CT molecular complexity index is 891. The van der Waals surface area contributed by atoms with Gasteiger partial charge in [-0.1, -0.05) is 28.1 Å². The Morgan fingerprint density at radius 2 is 1.92 bits per heavy atom. The van der Waals surface area contributed by atoms with Gasteiger partial charge in [0.25, 0.3) is 5.91 Å². The highest BCUT2D eigenvalue weighted by Crippen LogP contribution is 2.22. The lowest BCUT2D eigenvalue weighted by atomic mass is 10.3. The van der Waals surface area contributed by atoms with E-state index >= 15 is 0 Å². The number of aryl methyl sites for hydroxylation is 1. The van der Waals surface area contributed by atoms with Gasteiger partial charge in [0.15, 0.2) is 6.10 Å². The third-order valence-corrected chi connectivity index (χ3v) is 5.30. The number of fused-ring (bicyclic) bond motifs is 1. The molecule has 134 valence electrons. The molecule has 0 radical (unpaired) electrons. The van der Waals surface area contributed by atoms with Gasteiger partial charge in [0.1, 0.15) is 0 Å². The molecule has 0 aliphatic rings. The van der Waals surface area contributed by atoms with Crippen LogP contribution in [-0.4, -0.2) is 23.0 Å². The number of nitrogens with one attached hydrogen (secondary N) is 1. The Morgan fingerprint density at radius 1 is 1.19 bits per heavy atom. The first-order valence-electron chi connectivity index (χ1n) is 8.11. The summed E-state index contributed by atoms with van der Waals surface area (Å²) in [5.74, 6) is -0.775. The Morgan fingerprint density at radius 3 is 2.65 bits per heavy atom. The Labute approximate surface area is 163 Å². The normalized spacial score (nSPS) is 11.9. The molecule has 1 unspecified atom stereocenters. The van der Waals surface area contributed by atoms with Crippen LogP contribution in [0.15, 0.2) is 53.0 Å². The third-order valence-electron chi connectivity index (χ3n) is 3.67. The molecule has 0 saturated heterocycles. The summed E-state index contributed by atoms with van der Waals surface area (Å²) in [6.07, 6.45) is -0.170. The molecule has 1 aromatic heterocycles. The van der Waals surface area contributed by atoms with Crippen molar-refractivity contribution >= 4 is 55.0 Å². The maximum Gasteiger partial charge on any atom is 0.306 e. The van der Waals surface area contributed by atoms with Crippen molar-refractivity contribution in [2.24, 2.45) is 0 Å². The minimum Gasteiger partial charge on any atom is -0.453 e. The molecule has 2 aromatic carbocycles. The molecule has 3 rings (SSSR count). The fourth-order valence-corrected chi connectivity index (χ4v) is 3.55. The van der Waals surface area contributed by atoms with Crippen LogP contribution in [0.2, 0.25) is 0 Å². The summed E-state index contributed by atoms with van der Waals surface area (Å²) in [7, 11) is 0. The highest BCUT2D eigenvalue weighted by molar-refractivity contribution is 9.10. The van der Waals surface area contributed by atoms with Gasteiger partial charge < -0.3 is 10.1 Å². The molecule has 0 bridgehead atoms. The fourth-order valence-electron chi connectivity index (χ4n) is 2.32. The molecular weight excluding hydrogens is 416 g/mol. The maximum absolute atomic E-state index is 12.1. The van der Waals surface area contributed by atoms with E-state index in [1.807, 2.05) is 36.4 Å². The second-order valence-corrected chi connectivity index (χ2v) is 7.73. The first-order valence-corrected chi connectivity index (χ1v) is 9.72. The highest BCUT2D eigenvalue weighted by atomic mass is 79.9. The van der Waals surface area contributed by atoms with Crippen molar-refractivity contribution in [3.8, 4) is 0 Å². The molecule has 1 atom stereocenters. The number of nitrogens with zero attached hydrogens (tertiary/aromatic N) is 1. The van der Waals surface area contributed by atoms with Crippen molar-refractivity contribution in [2.45, 2.75) is 25.9 Å². The van der Waals surface area contributed by atoms with Crippen LogP contribution >= 0.6 is 27.3 Å². The van der Waals surface area contributed by atoms with Crippen molar-refractivity contribution in [3.63, 3.8) is 0 Å². The number of carbonyl (C=O) groups excluding carboxylic acids is 2. The van der Waals surface area contributed by atoms with Crippen LogP contribution in [0.25, 0.3) is 10.2 Å². The topological polar surface area (TPSA) is 68.3 Å². The molecule has 26 heavy (non-hydrogen) atoms. The summed E-state index contributed by atoms with van der Waals surface area (Å²) >= 11 is 4.90. The predicted octanol–water partition coefficient (Wildman–Crippen LogP) is 4.56. The van der Waals surface area contributed by atoms with Gasteiger partial charge >= 0.3 is 5.97 Å². The maximum atomic E-state index is 12.1. The molecule has 3 aromatic rings. The van der Waals surface area contributed by atoms with E-state index in [2.05, 4.69) is 26.2 Å². The van der Waals surface area contributed by atoms with Crippen LogP contribution in [0.3, 0.4) is 0 Å². The number of thiazole rings is 1. The summed E-state index contributed by atoms with van der Waals surface area (Å²) in [5.41, 5.74) is 1.58. The molecule has 0 aliphatic carbocycles. The molecule has 1 heterocycles. The van der Waals surface area contributed by atoms with Crippen molar-refractivity contribution < 1.29 is 14.3 Å². The van der Waals surface area contributed by atoms with Crippen molar-refractivity contribution in [2.75, 3.05) is 5.32 Å². The number of rotatable bonds is 6. The van der Waals surface area contributed by atoms with Crippen LogP contribution in [0, 0.1) is 0 Å². The number of para-hydroxylation sites is 1. The summed E-state index contributed by atoms with van der Waals surface area (Å²) in [6.45, 7) is 1.56. The Balaban J connectivity index is 1.48. The van der Waals surface area contributed by atoms with Crippen LogP contribution in [0.1, 0.15) is 18.4 Å². The van der Waals surface area contributed by atoms with E-state index in [0.717, 1.165) is 19.7 Å². The number of hydrogen-bond acceptors (Lipinski definition) is 5. The first-order chi connectivity index (χ1) is 12.5. The Hall–Kier alpha value is -2.25. The average Bonchev–Trinajstić information content (AvgIpc) is 3.05. The summed E-state index contributed by atoms with van der Waals surface area (Å²) in [5, 5.41) is 3.60. The van der Waals surface area contributed by atoms with Crippen LogP contribution in [0.4, 0.5) is 5.69 Å². The summed E-state index contributed by atoms with van der Waals surface area (Å²) in [6, 6.07) is 15.0. The standard InChI is InChI=1S/C19H17BrN2O3S/c1-12(19(24)21-14-8-6-13(20)7-9-14)25-18(23)11-10-17-22-15-4-2-3-5-16(15)26-17/h2-9,12H,10-11H2,1H3,(H,21,24). The van der Waals surface area contributed by atoms with E-state index in [9.17, 15) is 9.59 Å². The molecule has 7 heteroatoms. The minimum absolute atomic E-state index is 0.190. The second kappa shape index (κ2) is 8.42. The number of anilines is 1. The predicted molar refractivity (Wildman–Crippen MR) is 106 cm³/mol. The largest absolute Gasteiger partial charge is 0.453 e. The third kappa shape index (κ3) is 4.89. The summed E-state index contributed by atoms with van der Waals surface area (Å²) in [4.78, 5) is 28.6. The fraction of sp³-hybridized carbons (Fsp3) is 0.211. The molecule has 1 N–H and O–H groups in total. The van der Waals surface area contributed by atoms with Gasteiger partial charge in [0.05, 0.1) is 21.6 Å². The molecule has 5 nitrogen and oxygen atoms in total. The zero-order valence-corrected chi connectivity index (χ0v) is 16.5. The van der Waals surface area contributed by atoms with Gasteiger partial charge in [0.2, 0.25) is 0 Å². The van der Waals surface area contributed by atoms with Gasteiger partial charge in [0, 0.05) is 16.6 Å². The van der Waals surface area contributed by atoms with Gasteiger partial charge in [-0.25, -0.2) is 4.98 Å². The zero-order valence-electron chi connectivity index (χ0n) is 14.1. The highest BCUT2D eigenvalue weighted by Gasteiger charge is 2.18. The lowest BCUT2D eigenvalue weighted by molar-refractivity contribution is -0.153. The van der Waals surface area contributed by atoms with E-state index in [0.29, 0.717) is 12.1 Å².